The second-order valence-electron chi connectivity index (χ2n) is 4.43. The van der Waals surface area contributed by atoms with Crippen LogP contribution in [0.3, 0.4) is 0 Å². The Bertz CT molecular complexity index is 386. The van der Waals surface area contributed by atoms with Gasteiger partial charge in [-0.25, -0.2) is 0 Å². The van der Waals surface area contributed by atoms with Crippen molar-refractivity contribution in [3.63, 3.8) is 0 Å². The number of nitrogens with one attached hydrogen (secondary N) is 1. The first-order valence-electron chi connectivity index (χ1n) is 5.82. The first-order chi connectivity index (χ1) is 8.16. The second-order valence-corrected chi connectivity index (χ2v) is 7.49. The van der Waals surface area contributed by atoms with Gasteiger partial charge in [0.25, 0.3) is 5.91 Å². The molecule has 0 aliphatic heterocycles. The zero-order valence-corrected chi connectivity index (χ0v) is 13.4. The van der Waals surface area contributed by atoms with Crippen molar-refractivity contribution in [1.82, 2.24) is 5.32 Å². The smallest absolute Gasteiger partial charge is 0.262 e. The zero-order valence-electron chi connectivity index (χ0n) is 9.42. The Morgan fingerprint density at radius 2 is 2.12 bits per heavy atom. The Balaban J connectivity index is 1.79. The highest BCUT2D eigenvalue weighted by atomic mass is 79.9. The third-order valence-electron chi connectivity index (χ3n) is 3.15. The van der Waals surface area contributed by atoms with Gasteiger partial charge in [-0.1, -0.05) is 15.9 Å². The van der Waals surface area contributed by atoms with Gasteiger partial charge in [0, 0.05) is 15.8 Å². The molecule has 1 heterocycles. The summed E-state index contributed by atoms with van der Waals surface area (Å²) in [5.74, 6) is 0.694. The summed E-state index contributed by atoms with van der Waals surface area (Å²) in [5.41, 5.74) is 0. The van der Waals surface area contributed by atoms with Crippen LogP contribution in [0.15, 0.2) is 15.9 Å². The van der Waals surface area contributed by atoms with Gasteiger partial charge in [-0.2, -0.15) is 0 Å². The fourth-order valence-electron chi connectivity index (χ4n) is 2.10. The van der Waals surface area contributed by atoms with E-state index in [1.54, 1.807) is 0 Å². The molecule has 5 heteroatoms. The van der Waals surface area contributed by atoms with E-state index in [2.05, 4.69) is 37.2 Å². The van der Waals surface area contributed by atoms with E-state index in [4.69, 9.17) is 0 Å². The Morgan fingerprint density at radius 1 is 1.41 bits per heavy atom. The Morgan fingerprint density at radius 3 is 2.71 bits per heavy atom. The largest absolute Gasteiger partial charge is 0.351 e. The monoisotopic (exact) mass is 379 g/mol. The summed E-state index contributed by atoms with van der Waals surface area (Å²) in [7, 11) is 0. The molecule has 17 heavy (non-hydrogen) atoms. The number of hydrogen-bond acceptors (Lipinski definition) is 2. The van der Waals surface area contributed by atoms with Crippen molar-refractivity contribution in [2.45, 2.75) is 30.5 Å². The van der Waals surface area contributed by atoms with Gasteiger partial charge in [0.05, 0.1) is 0 Å². The average Bonchev–Trinajstić information content (AvgIpc) is 2.74. The van der Waals surface area contributed by atoms with Crippen LogP contribution in [-0.2, 0) is 0 Å². The normalized spacial score (nSPS) is 24.6. The van der Waals surface area contributed by atoms with E-state index in [1.807, 2.05) is 11.4 Å². The van der Waals surface area contributed by atoms with Gasteiger partial charge in [0.1, 0.15) is 4.88 Å². The van der Waals surface area contributed by atoms with Crippen LogP contribution in [0.25, 0.3) is 0 Å². The SMILES string of the molecule is O=C(NCC1CCC(Br)CC1)c1sccc1Br. The summed E-state index contributed by atoms with van der Waals surface area (Å²) >= 11 is 8.51. The first kappa shape index (κ1) is 13.6. The van der Waals surface area contributed by atoms with Crippen molar-refractivity contribution >= 4 is 49.1 Å². The maximum atomic E-state index is 11.9. The lowest BCUT2D eigenvalue weighted by molar-refractivity contribution is 0.0947. The molecule has 1 fully saturated rings. The Kier molecular flexibility index (Phi) is 5.06. The number of rotatable bonds is 3. The van der Waals surface area contributed by atoms with Crippen molar-refractivity contribution in [1.29, 1.82) is 0 Å². The lowest BCUT2D eigenvalue weighted by atomic mass is 9.89. The van der Waals surface area contributed by atoms with E-state index >= 15 is 0 Å². The van der Waals surface area contributed by atoms with E-state index in [-0.39, 0.29) is 5.91 Å². The second kappa shape index (κ2) is 6.34. The van der Waals surface area contributed by atoms with Gasteiger partial charge in [-0.3, -0.25) is 4.79 Å². The molecule has 0 aromatic carbocycles. The minimum atomic E-state index is 0.0489. The van der Waals surface area contributed by atoms with Gasteiger partial charge in [-0.05, 0) is 59.0 Å². The Hall–Kier alpha value is 0.130. The molecular formula is C12H15Br2NOS. The van der Waals surface area contributed by atoms with Crippen molar-refractivity contribution in [3.05, 3.63) is 20.8 Å². The number of hydrogen-bond donors (Lipinski definition) is 1. The standard InChI is InChI=1S/C12H15Br2NOS/c13-9-3-1-8(2-4-9)7-15-12(16)11-10(14)5-6-17-11/h5-6,8-9H,1-4,7H2,(H,15,16). The molecule has 2 rings (SSSR count). The molecule has 0 spiro atoms. The molecular weight excluding hydrogens is 366 g/mol. The van der Waals surface area contributed by atoms with Crippen LogP contribution < -0.4 is 5.32 Å². The molecule has 0 saturated heterocycles. The highest BCUT2D eigenvalue weighted by Gasteiger charge is 2.20. The molecule has 2 nitrogen and oxygen atoms in total. The quantitative estimate of drug-likeness (QED) is 0.782. The lowest BCUT2D eigenvalue weighted by Crippen LogP contribution is -2.31. The molecule has 1 aromatic heterocycles. The molecule has 94 valence electrons. The third-order valence-corrected chi connectivity index (χ3v) is 5.90. The van der Waals surface area contributed by atoms with Crippen LogP contribution in [-0.4, -0.2) is 17.3 Å². The average molecular weight is 381 g/mol. The highest BCUT2D eigenvalue weighted by Crippen LogP contribution is 2.28. The van der Waals surface area contributed by atoms with Crippen molar-refractivity contribution in [2.24, 2.45) is 5.92 Å². The minimum absolute atomic E-state index is 0.0489. The van der Waals surface area contributed by atoms with Crippen LogP contribution in [0.5, 0.6) is 0 Å². The minimum Gasteiger partial charge on any atom is -0.351 e. The summed E-state index contributed by atoms with van der Waals surface area (Å²) < 4.78 is 0.893. The zero-order chi connectivity index (χ0) is 12.3. The molecule has 0 unspecified atom stereocenters. The highest BCUT2D eigenvalue weighted by molar-refractivity contribution is 9.10. The predicted octanol–water partition coefficient (Wildman–Crippen LogP) is 4.19. The molecule has 1 aliphatic carbocycles. The Labute approximate surface area is 122 Å². The van der Waals surface area contributed by atoms with Crippen LogP contribution in [0.2, 0.25) is 0 Å². The van der Waals surface area contributed by atoms with E-state index in [0.29, 0.717) is 10.7 Å². The maximum Gasteiger partial charge on any atom is 0.262 e. The maximum absolute atomic E-state index is 11.9. The van der Waals surface area contributed by atoms with Gasteiger partial charge in [0.2, 0.25) is 0 Å². The van der Waals surface area contributed by atoms with Crippen LogP contribution in [0, 0.1) is 5.92 Å². The number of thiophene rings is 1. The van der Waals surface area contributed by atoms with Gasteiger partial charge < -0.3 is 5.32 Å². The van der Waals surface area contributed by atoms with E-state index < -0.39 is 0 Å². The van der Waals surface area contributed by atoms with Gasteiger partial charge in [-0.15, -0.1) is 11.3 Å². The third kappa shape index (κ3) is 3.80. The molecule has 1 aliphatic rings. The molecule has 1 N–H and O–H groups in total. The van der Waals surface area contributed by atoms with Crippen molar-refractivity contribution in [3.8, 4) is 0 Å². The first-order valence-corrected chi connectivity index (χ1v) is 8.41. The van der Waals surface area contributed by atoms with E-state index in [0.717, 1.165) is 15.9 Å². The van der Waals surface area contributed by atoms with Crippen LogP contribution in [0.1, 0.15) is 35.4 Å². The summed E-state index contributed by atoms with van der Waals surface area (Å²) in [4.78, 5) is 13.4. The molecule has 0 atom stereocenters. The fraction of sp³-hybridized carbons (Fsp3) is 0.583. The number of halogens is 2. The van der Waals surface area contributed by atoms with Crippen molar-refractivity contribution < 1.29 is 4.79 Å². The number of alkyl halides is 1. The van der Waals surface area contributed by atoms with Crippen LogP contribution in [0.4, 0.5) is 0 Å². The summed E-state index contributed by atoms with van der Waals surface area (Å²) in [6, 6.07) is 1.91. The molecule has 1 aromatic rings. The van der Waals surface area contributed by atoms with Crippen molar-refractivity contribution in [2.75, 3.05) is 6.54 Å². The van der Waals surface area contributed by atoms with Gasteiger partial charge in [0.15, 0.2) is 0 Å². The van der Waals surface area contributed by atoms with Gasteiger partial charge >= 0.3 is 0 Å². The number of carbonyl (C=O) groups is 1. The van der Waals surface area contributed by atoms with Crippen LogP contribution >= 0.6 is 43.2 Å². The predicted molar refractivity (Wildman–Crippen MR) is 79.0 cm³/mol. The van der Waals surface area contributed by atoms with E-state index in [9.17, 15) is 4.79 Å². The molecule has 1 amide bonds. The summed E-state index contributed by atoms with van der Waals surface area (Å²) in [6.07, 6.45) is 4.87. The number of amides is 1. The summed E-state index contributed by atoms with van der Waals surface area (Å²) in [5, 5.41) is 4.96. The lowest BCUT2D eigenvalue weighted by Gasteiger charge is -2.25. The summed E-state index contributed by atoms with van der Waals surface area (Å²) in [6.45, 7) is 0.808. The topological polar surface area (TPSA) is 29.1 Å². The van der Waals surface area contributed by atoms with E-state index in [1.165, 1.54) is 37.0 Å². The molecule has 1 saturated carbocycles. The fourth-order valence-corrected chi connectivity index (χ4v) is 4.10. The molecule has 0 radical (unpaired) electrons. The number of carbonyl (C=O) groups excluding carboxylic acids is 1. The molecule has 0 bridgehead atoms.